The van der Waals surface area contributed by atoms with E-state index in [0.717, 1.165) is 0 Å². The average Bonchev–Trinajstić information content (AvgIpc) is 3.06. The Morgan fingerprint density at radius 3 is 0.878 bits per heavy atom. The predicted molar refractivity (Wildman–Crippen MR) is 180 cm³/mol. The summed E-state index contributed by atoms with van der Waals surface area (Å²) in [5.41, 5.74) is -0.513. The number of carbonyl (C=O) groups excluding carboxylic acids is 1. The molecule has 0 aromatic carbocycles. The van der Waals surface area contributed by atoms with Crippen molar-refractivity contribution >= 4 is 6.09 Å². The van der Waals surface area contributed by atoms with Crippen molar-refractivity contribution in [2.75, 3.05) is 172 Å². The van der Waals surface area contributed by atoms with Crippen LogP contribution in [0.3, 0.4) is 0 Å². The van der Waals surface area contributed by atoms with Gasteiger partial charge in [-0.2, -0.15) is 0 Å². The Kier molecular flexibility index (Phi) is 37.8. The van der Waals surface area contributed by atoms with E-state index in [9.17, 15) is 4.79 Å². The van der Waals surface area contributed by atoms with E-state index < -0.39 is 11.7 Å². The van der Waals surface area contributed by atoms with E-state index in [1.807, 2.05) is 20.8 Å². The van der Waals surface area contributed by atoms with Crippen molar-refractivity contribution in [1.82, 2.24) is 5.32 Å². The second-order valence-corrected chi connectivity index (χ2v) is 10.8. The number of hydrogen-bond acceptors (Lipinski definition) is 15. The van der Waals surface area contributed by atoms with Crippen LogP contribution in [-0.4, -0.2) is 183 Å². The number of nitrogens with one attached hydrogen (secondary N) is 1. The van der Waals surface area contributed by atoms with Crippen LogP contribution in [0.4, 0.5) is 4.79 Å². The van der Waals surface area contributed by atoms with Gasteiger partial charge >= 0.3 is 6.09 Å². The van der Waals surface area contributed by atoms with E-state index in [1.165, 1.54) is 6.26 Å². The maximum absolute atomic E-state index is 11.5. The molecule has 0 aromatic heterocycles. The highest BCUT2D eigenvalue weighted by molar-refractivity contribution is 5.67. The Morgan fingerprint density at radius 2 is 0.653 bits per heavy atom. The zero-order chi connectivity index (χ0) is 35.8. The van der Waals surface area contributed by atoms with E-state index in [-0.39, 0.29) is 0 Å². The van der Waals surface area contributed by atoms with Gasteiger partial charge in [0, 0.05) is 6.54 Å². The molecule has 0 heterocycles. The molecule has 0 radical (unpaired) electrons. The quantitative estimate of drug-likeness (QED) is 0.0724. The van der Waals surface area contributed by atoms with Crippen LogP contribution >= 0.6 is 0 Å². The molecule has 1 N–H and O–H groups in total. The first kappa shape index (κ1) is 47.3. The van der Waals surface area contributed by atoms with Gasteiger partial charge in [0.25, 0.3) is 0 Å². The lowest BCUT2D eigenvalue weighted by Crippen LogP contribution is -2.34. The van der Waals surface area contributed by atoms with Crippen LogP contribution in [0.2, 0.25) is 0 Å². The van der Waals surface area contributed by atoms with Gasteiger partial charge in [0.05, 0.1) is 165 Å². The van der Waals surface area contributed by atoms with Crippen LogP contribution in [0.1, 0.15) is 20.8 Å². The van der Waals surface area contributed by atoms with Gasteiger partial charge in [-0.05, 0) is 20.8 Å². The first-order valence-electron chi connectivity index (χ1n) is 17.1. The number of hydrogen-bond donors (Lipinski definition) is 1. The lowest BCUT2D eigenvalue weighted by atomic mass is 10.2. The molecule has 0 bridgehead atoms. The second kappa shape index (κ2) is 39.1. The topological polar surface area (TPSA) is 158 Å². The molecule has 0 aliphatic rings. The number of ether oxygens (including phenoxy) is 14. The van der Waals surface area contributed by atoms with Crippen LogP contribution < -0.4 is 5.32 Å². The number of carbonyl (C=O) groups is 1. The molecule has 0 spiro atoms. The van der Waals surface area contributed by atoms with Gasteiger partial charge in [0.1, 0.15) is 12.2 Å². The highest BCUT2D eigenvalue weighted by atomic mass is 16.6. The van der Waals surface area contributed by atoms with Gasteiger partial charge < -0.3 is 71.6 Å². The van der Waals surface area contributed by atoms with Gasteiger partial charge in [0.2, 0.25) is 0 Å². The summed E-state index contributed by atoms with van der Waals surface area (Å²) < 4.78 is 75.3. The zero-order valence-corrected chi connectivity index (χ0v) is 30.3. The van der Waals surface area contributed by atoms with Gasteiger partial charge in [-0.3, -0.25) is 0 Å². The lowest BCUT2D eigenvalue weighted by Gasteiger charge is -2.19. The van der Waals surface area contributed by atoms with Crippen molar-refractivity contribution in [3.8, 4) is 0 Å². The third kappa shape index (κ3) is 44.3. The highest BCUT2D eigenvalue weighted by Crippen LogP contribution is 2.06. The van der Waals surface area contributed by atoms with Crippen LogP contribution in [0, 0.1) is 0 Å². The second-order valence-electron chi connectivity index (χ2n) is 10.8. The summed E-state index contributed by atoms with van der Waals surface area (Å²) in [5, 5.41) is 2.63. The molecular weight excluding hydrogens is 650 g/mol. The van der Waals surface area contributed by atoms with Crippen LogP contribution in [-0.2, 0) is 66.3 Å². The molecular formula is C33H65NO15. The Bertz CT molecular complexity index is 685. The minimum absolute atomic E-state index is 0.381. The van der Waals surface area contributed by atoms with Gasteiger partial charge in [-0.15, -0.1) is 0 Å². The third-order valence-corrected chi connectivity index (χ3v) is 5.47. The first-order chi connectivity index (χ1) is 24.0. The summed E-state index contributed by atoms with van der Waals surface area (Å²) in [6.07, 6.45) is 0.939. The smallest absolute Gasteiger partial charge is 0.407 e. The van der Waals surface area contributed by atoms with Crippen LogP contribution in [0.5, 0.6) is 0 Å². The minimum atomic E-state index is -0.513. The summed E-state index contributed by atoms with van der Waals surface area (Å²) in [7, 11) is 0. The van der Waals surface area contributed by atoms with Crippen LogP contribution in [0.25, 0.3) is 0 Å². The Balaban J connectivity index is 3.09. The van der Waals surface area contributed by atoms with Crippen molar-refractivity contribution in [3.05, 3.63) is 12.8 Å². The zero-order valence-electron chi connectivity index (χ0n) is 30.3. The lowest BCUT2D eigenvalue weighted by molar-refractivity contribution is -0.0286. The van der Waals surface area contributed by atoms with Crippen molar-refractivity contribution in [2.24, 2.45) is 0 Å². The predicted octanol–water partition coefficient (Wildman–Crippen LogP) is 1.87. The average molecular weight is 716 g/mol. The molecule has 0 saturated heterocycles. The van der Waals surface area contributed by atoms with E-state index >= 15 is 0 Å². The highest BCUT2D eigenvalue weighted by Gasteiger charge is 2.15. The number of alkyl carbamates (subject to hydrolysis) is 1. The van der Waals surface area contributed by atoms with Crippen LogP contribution in [0.15, 0.2) is 12.8 Å². The Hall–Kier alpha value is -1.67. The Labute approximate surface area is 293 Å². The summed E-state index contributed by atoms with van der Waals surface area (Å²) >= 11 is 0. The first-order valence-corrected chi connectivity index (χ1v) is 17.1. The maximum atomic E-state index is 11.5. The summed E-state index contributed by atoms with van der Waals surface area (Å²) in [5.74, 6) is 0. The SMILES string of the molecule is C=COCCOCCOCCOCCOCCOCCOCCOCCOCCOCCOCCOCCOCCNC(=O)OC(C)(C)C. The maximum Gasteiger partial charge on any atom is 0.407 e. The van der Waals surface area contributed by atoms with Crippen molar-refractivity contribution in [1.29, 1.82) is 0 Å². The summed E-state index contributed by atoms with van der Waals surface area (Å²) in [6.45, 7) is 21.5. The number of rotatable bonds is 40. The van der Waals surface area contributed by atoms with Crippen molar-refractivity contribution in [3.63, 3.8) is 0 Å². The van der Waals surface area contributed by atoms with Crippen molar-refractivity contribution < 1.29 is 71.1 Å². The summed E-state index contributed by atoms with van der Waals surface area (Å²) in [6, 6.07) is 0. The van der Waals surface area contributed by atoms with Gasteiger partial charge in [-0.1, -0.05) is 6.58 Å². The molecule has 49 heavy (non-hydrogen) atoms. The monoisotopic (exact) mass is 715 g/mol. The van der Waals surface area contributed by atoms with E-state index in [2.05, 4.69) is 11.9 Å². The Morgan fingerprint density at radius 1 is 0.429 bits per heavy atom. The largest absolute Gasteiger partial charge is 0.499 e. The molecule has 0 aromatic rings. The van der Waals surface area contributed by atoms with Gasteiger partial charge in [0.15, 0.2) is 0 Å². The number of amides is 1. The van der Waals surface area contributed by atoms with Crippen molar-refractivity contribution in [2.45, 2.75) is 26.4 Å². The molecule has 0 unspecified atom stereocenters. The molecule has 0 aliphatic carbocycles. The summed E-state index contributed by atoms with van der Waals surface area (Å²) in [4.78, 5) is 11.5. The normalized spacial score (nSPS) is 11.6. The molecule has 0 saturated carbocycles. The van der Waals surface area contributed by atoms with E-state index in [1.54, 1.807) is 0 Å². The molecule has 1 amide bonds. The van der Waals surface area contributed by atoms with E-state index in [0.29, 0.717) is 172 Å². The molecule has 0 atom stereocenters. The molecule has 16 heteroatoms. The fourth-order valence-electron chi connectivity index (χ4n) is 3.25. The van der Waals surface area contributed by atoms with E-state index in [4.69, 9.17) is 66.3 Å². The molecule has 16 nitrogen and oxygen atoms in total. The fourth-order valence-corrected chi connectivity index (χ4v) is 3.25. The third-order valence-electron chi connectivity index (χ3n) is 5.47. The minimum Gasteiger partial charge on any atom is -0.499 e. The molecule has 0 aliphatic heterocycles. The standard InChI is InChI=1S/C33H65NO15/c1-5-36-8-9-38-12-13-40-16-17-42-20-21-44-24-25-46-28-29-48-31-30-47-27-26-45-23-22-43-19-18-41-15-14-39-11-10-37-7-6-34-32(35)49-33(2,3)4/h5H,1,6-31H2,2-4H3,(H,34,35). The molecule has 292 valence electrons. The molecule has 0 fully saturated rings. The fraction of sp³-hybridized carbons (Fsp3) is 0.909. The molecule has 0 rings (SSSR count). The van der Waals surface area contributed by atoms with Gasteiger partial charge in [-0.25, -0.2) is 4.79 Å².